The van der Waals surface area contributed by atoms with Crippen LogP contribution in [-0.4, -0.2) is 11.1 Å². The first-order valence-corrected chi connectivity index (χ1v) is 4.91. The molecule has 1 aromatic carbocycles. The van der Waals surface area contributed by atoms with Gasteiger partial charge in [0.15, 0.2) is 0 Å². The van der Waals surface area contributed by atoms with E-state index in [1.54, 1.807) is 6.07 Å². The van der Waals surface area contributed by atoms with Gasteiger partial charge in [0, 0.05) is 10.3 Å². The molecular weight excluding hydrogens is 203 g/mol. The Morgan fingerprint density at radius 3 is 2.93 bits per heavy atom. The van der Waals surface area contributed by atoms with E-state index in [1.807, 2.05) is 17.5 Å². The Morgan fingerprint density at radius 2 is 2.21 bits per heavy atom. The van der Waals surface area contributed by atoms with E-state index >= 15 is 0 Å². The highest BCUT2D eigenvalue weighted by molar-refractivity contribution is 7.17. The summed E-state index contributed by atoms with van der Waals surface area (Å²) in [5.41, 5.74) is 0.241. The summed E-state index contributed by atoms with van der Waals surface area (Å²) in [4.78, 5) is 10.5. The maximum atomic E-state index is 13.3. The predicted molar refractivity (Wildman–Crippen MR) is 53.3 cm³/mol. The molecule has 0 bridgehead atoms. The van der Waals surface area contributed by atoms with E-state index in [-0.39, 0.29) is 5.56 Å². The van der Waals surface area contributed by atoms with Crippen LogP contribution in [0.3, 0.4) is 0 Å². The van der Waals surface area contributed by atoms with E-state index in [2.05, 4.69) is 0 Å². The van der Waals surface area contributed by atoms with Gasteiger partial charge in [-0.15, -0.1) is 11.3 Å². The lowest BCUT2D eigenvalue weighted by Gasteiger charge is -2.03. The van der Waals surface area contributed by atoms with Gasteiger partial charge in [0.25, 0.3) is 0 Å². The summed E-state index contributed by atoms with van der Waals surface area (Å²) in [6.07, 6.45) is -1.93. The minimum absolute atomic E-state index is 0.241. The molecule has 0 aliphatic carbocycles. The molecule has 0 amide bonds. The third-order valence-corrected chi connectivity index (χ3v) is 2.98. The van der Waals surface area contributed by atoms with Crippen LogP contribution < -0.4 is 0 Å². The fourth-order valence-corrected chi connectivity index (χ4v) is 2.28. The van der Waals surface area contributed by atoms with E-state index in [9.17, 15) is 9.18 Å². The molecule has 1 heterocycles. The summed E-state index contributed by atoms with van der Waals surface area (Å²) in [5, 5.41) is 11.3. The van der Waals surface area contributed by atoms with Crippen molar-refractivity contribution in [3.8, 4) is 0 Å². The van der Waals surface area contributed by atoms with Gasteiger partial charge in [-0.25, -0.2) is 9.18 Å². The van der Waals surface area contributed by atoms with Gasteiger partial charge in [0.2, 0.25) is 6.17 Å². The molecule has 0 saturated heterocycles. The monoisotopic (exact) mass is 210 g/mol. The minimum Gasteiger partial charge on any atom is -0.479 e. The normalized spacial score (nSPS) is 12.9. The second-order valence-electron chi connectivity index (χ2n) is 2.89. The summed E-state index contributed by atoms with van der Waals surface area (Å²) in [6, 6.07) is 6.86. The smallest absolute Gasteiger partial charge is 0.343 e. The van der Waals surface area contributed by atoms with Crippen molar-refractivity contribution in [1.29, 1.82) is 0 Å². The number of carbonyl (C=O) groups is 1. The number of carboxylic acids is 1. The van der Waals surface area contributed by atoms with Crippen LogP contribution in [0.5, 0.6) is 0 Å². The molecule has 4 heteroatoms. The van der Waals surface area contributed by atoms with Crippen molar-refractivity contribution < 1.29 is 14.3 Å². The zero-order valence-corrected chi connectivity index (χ0v) is 7.92. The third kappa shape index (κ3) is 1.37. The average molecular weight is 210 g/mol. The fourth-order valence-electron chi connectivity index (χ4n) is 1.35. The number of fused-ring (bicyclic) bond motifs is 1. The van der Waals surface area contributed by atoms with Gasteiger partial charge in [-0.2, -0.15) is 0 Å². The van der Waals surface area contributed by atoms with Gasteiger partial charge in [-0.05, 0) is 16.8 Å². The maximum absolute atomic E-state index is 13.3. The van der Waals surface area contributed by atoms with E-state index in [0.717, 1.165) is 5.39 Å². The second-order valence-corrected chi connectivity index (χ2v) is 3.80. The lowest BCUT2D eigenvalue weighted by atomic mass is 10.1. The molecule has 2 rings (SSSR count). The molecule has 1 aromatic heterocycles. The van der Waals surface area contributed by atoms with Crippen LogP contribution in [0.25, 0.3) is 10.1 Å². The van der Waals surface area contributed by atoms with Crippen molar-refractivity contribution in [2.45, 2.75) is 6.17 Å². The van der Waals surface area contributed by atoms with Crippen LogP contribution in [0.15, 0.2) is 29.6 Å². The first-order valence-electron chi connectivity index (χ1n) is 4.03. The molecule has 14 heavy (non-hydrogen) atoms. The number of carboxylic acid groups (broad SMARTS) is 1. The van der Waals surface area contributed by atoms with E-state index in [0.29, 0.717) is 4.70 Å². The third-order valence-electron chi connectivity index (χ3n) is 2.00. The Kier molecular flexibility index (Phi) is 2.21. The highest BCUT2D eigenvalue weighted by Gasteiger charge is 2.20. The summed E-state index contributed by atoms with van der Waals surface area (Å²) in [5.74, 6) is -1.44. The van der Waals surface area contributed by atoms with Crippen molar-refractivity contribution in [1.82, 2.24) is 0 Å². The Bertz CT molecular complexity index is 478. The topological polar surface area (TPSA) is 37.3 Å². The average Bonchev–Trinajstić information content (AvgIpc) is 2.63. The number of hydrogen-bond donors (Lipinski definition) is 1. The molecule has 0 spiro atoms. The van der Waals surface area contributed by atoms with E-state index < -0.39 is 12.1 Å². The predicted octanol–water partition coefficient (Wildman–Crippen LogP) is 3.00. The largest absolute Gasteiger partial charge is 0.479 e. The molecule has 72 valence electrons. The number of benzene rings is 1. The number of alkyl halides is 1. The van der Waals surface area contributed by atoms with Gasteiger partial charge in [-0.3, -0.25) is 0 Å². The van der Waals surface area contributed by atoms with Crippen molar-refractivity contribution in [3.05, 3.63) is 35.2 Å². The van der Waals surface area contributed by atoms with Gasteiger partial charge in [0.1, 0.15) is 0 Å². The second kappa shape index (κ2) is 3.38. The molecule has 1 unspecified atom stereocenters. The standard InChI is InChI=1S/C10H7FO2S/c11-8(10(12)13)7-3-1-2-6-4-5-14-9(6)7/h1-5,8H,(H,12,13). The molecule has 0 saturated carbocycles. The van der Waals surface area contributed by atoms with Crippen molar-refractivity contribution >= 4 is 27.4 Å². The zero-order chi connectivity index (χ0) is 10.1. The molecule has 1 N–H and O–H groups in total. The summed E-state index contributed by atoms with van der Waals surface area (Å²) >= 11 is 1.36. The van der Waals surface area contributed by atoms with Crippen LogP contribution in [0.1, 0.15) is 11.7 Å². The zero-order valence-electron chi connectivity index (χ0n) is 7.11. The van der Waals surface area contributed by atoms with Gasteiger partial charge in [-0.1, -0.05) is 18.2 Å². The number of rotatable bonds is 2. The van der Waals surface area contributed by atoms with E-state index in [4.69, 9.17) is 5.11 Å². The molecule has 2 nitrogen and oxygen atoms in total. The molecule has 0 radical (unpaired) electrons. The van der Waals surface area contributed by atoms with Crippen LogP contribution in [0.2, 0.25) is 0 Å². The molecule has 1 atom stereocenters. The van der Waals surface area contributed by atoms with Crippen molar-refractivity contribution in [3.63, 3.8) is 0 Å². The Labute approximate surface area is 83.6 Å². The molecule has 2 aromatic rings. The highest BCUT2D eigenvalue weighted by Crippen LogP contribution is 2.30. The lowest BCUT2D eigenvalue weighted by molar-refractivity contribution is -0.142. The number of halogens is 1. The number of thiophene rings is 1. The van der Waals surface area contributed by atoms with Crippen LogP contribution in [0, 0.1) is 0 Å². The first-order chi connectivity index (χ1) is 6.70. The van der Waals surface area contributed by atoms with Crippen LogP contribution in [-0.2, 0) is 4.79 Å². The molecule has 0 fully saturated rings. The van der Waals surface area contributed by atoms with Gasteiger partial charge >= 0.3 is 5.97 Å². The van der Waals surface area contributed by atoms with E-state index in [1.165, 1.54) is 17.4 Å². The lowest BCUT2D eigenvalue weighted by Crippen LogP contribution is -2.05. The van der Waals surface area contributed by atoms with Gasteiger partial charge in [0.05, 0.1) is 0 Å². The SMILES string of the molecule is O=C(O)C(F)c1cccc2ccsc12. The number of hydrogen-bond acceptors (Lipinski definition) is 2. The Morgan fingerprint density at radius 1 is 1.43 bits per heavy atom. The summed E-state index contributed by atoms with van der Waals surface area (Å²) in [7, 11) is 0. The van der Waals surface area contributed by atoms with Gasteiger partial charge < -0.3 is 5.11 Å². The van der Waals surface area contributed by atoms with Crippen molar-refractivity contribution in [2.24, 2.45) is 0 Å². The van der Waals surface area contributed by atoms with Crippen molar-refractivity contribution in [2.75, 3.05) is 0 Å². The molecule has 0 aliphatic rings. The quantitative estimate of drug-likeness (QED) is 0.827. The Balaban J connectivity index is 2.61. The minimum atomic E-state index is -1.93. The van der Waals surface area contributed by atoms with Crippen LogP contribution >= 0.6 is 11.3 Å². The summed E-state index contributed by atoms with van der Waals surface area (Å²) in [6.45, 7) is 0. The Hall–Kier alpha value is -1.42. The molecule has 0 aliphatic heterocycles. The fraction of sp³-hybridized carbons (Fsp3) is 0.100. The van der Waals surface area contributed by atoms with Crippen LogP contribution in [0.4, 0.5) is 4.39 Å². The first kappa shape index (κ1) is 9.15. The maximum Gasteiger partial charge on any atom is 0.343 e. The molecular formula is C10H7FO2S. The summed E-state index contributed by atoms with van der Waals surface area (Å²) < 4.78 is 14.0. The number of aliphatic carboxylic acids is 1. The highest BCUT2D eigenvalue weighted by atomic mass is 32.1.